The Balaban J connectivity index is 3.80. The summed E-state index contributed by atoms with van der Waals surface area (Å²) in [5.41, 5.74) is 0. The van der Waals surface area contributed by atoms with Crippen LogP contribution in [0.15, 0.2) is 36.5 Å². The van der Waals surface area contributed by atoms with Crippen LogP contribution in [0.3, 0.4) is 0 Å². The zero-order valence-corrected chi connectivity index (χ0v) is 12.1. The molecule has 0 aliphatic carbocycles. The number of alkyl halides is 6. The molecule has 0 spiro atoms. The van der Waals surface area contributed by atoms with Crippen LogP contribution in [0.4, 0.5) is 52.7 Å². The van der Waals surface area contributed by atoms with Crippen LogP contribution < -0.4 is 0 Å². The SMILES string of the molecule is FC(F)=CC(F)(F)c1nc(C(F)(F)C=C(F)F)nc(C(F)(F)C=C(F)F)n1. The van der Waals surface area contributed by atoms with Gasteiger partial charge < -0.3 is 0 Å². The Morgan fingerprint density at radius 3 is 0.815 bits per heavy atom. The summed E-state index contributed by atoms with van der Waals surface area (Å²) in [5.74, 6) is -22.5. The fraction of sp³-hybridized carbons (Fsp3) is 0.250. The van der Waals surface area contributed by atoms with E-state index in [2.05, 4.69) is 15.0 Å². The van der Waals surface area contributed by atoms with Crippen molar-refractivity contribution in [1.29, 1.82) is 0 Å². The number of halogens is 12. The molecular weight excluding hydrogens is 414 g/mol. The van der Waals surface area contributed by atoms with Crippen LogP contribution in [0.2, 0.25) is 0 Å². The highest BCUT2D eigenvalue weighted by molar-refractivity contribution is 5.19. The predicted octanol–water partition coefficient (Wildman–Crippen LogP) is 5.49. The number of hydrogen-bond donors (Lipinski definition) is 0. The monoisotopic (exact) mass is 417 g/mol. The van der Waals surface area contributed by atoms with E-state index in [1.54, 1.807) is 0 Å². The molecule has 3 nitrogen and oxygen atoms in total. The van der Waals surface area contributed by atoms with E-state index in [1.807, 2.05) is 0 Å². The summed E-state index contributed by atoms with van der Waals surface area (Å²) in [5, 5.41) is 0. The van der Waals surface area contributed by atoms with Crippen molar-refractivity contribution in [2.75, 3.05) is 0 Å². The van der Waals surface area contributed by atoms with Crippen molar-refractivity contribution in [3.8, 4) is 0 Å². The van der Waals surface area contributed by atoms with Gasteiger partial charge in [0.2, 0.25) is 17.5 Å². The van der Waals surface area contributed by atoms with E-state index in [4.69, 9.17) is 0 Å². The first-order valence-electron chi connectivity index (χ1n) is 6.09. The maximum absolute atomic E-state index is 13.5. The Morgan fingerprint density at radius 2 is 0.667 bits per heavy atom. The van der Waals surface area contributed by atoms with Gasteiger partial charge in [-0.1, -0.05) is 0 Å². The molecule has 0 aliphatic rings. The van der Waals surface area contributed by atoms with E-state index in [0.717, 1.165) is 0 Å². The fourth-order valence-corrected chi connectivity index (χ4v) is 1.43. The molecule has 0 aromatic carbocycles. The second kappa shape index (κ2) is 7.56. The van der Waals surface area contributed by atoms with Crippen LogP contribution >= 0.6 is 0 Å². The molecule has 1 aromatic rings. The van der Waals surface area contributed by atoms with Gasteiger partial charge in [0.1, 0.15) is 0 Å². The lowest BCUT2D eigenvalue weighted by molar-refractivity contribution is 0.0108. The summed E-state index contributed by atoms with van der Waals surface area (Å²) in [6, 6.07) is 0. The largest absolute Gasteiger partial charge is 0.330 e. The van der Waals surface area contributed by atoms with E-state index in [1.165, 1.54) is 0 Å². The van der Waals surface area contributed by atoms with Crippen molar-refractivity contribution in [1.82, 2.24) is 15.0 Å². The Hall–Kier alpha value is -2.61. The molecule has 0 N–H and O–H groups in total. The third-order valence-electron chi connectivity index (χ3n) is 2.40. The standard InChI is InChI=1S/C12H3F12N3/c13-4(14)1-10(19,20)7-25-8(11(21,22)2-5(15)16)27-9(26-7)12(23,24)3-6(17)18/h1-3H. The number of aromatic nitrogens is 3. The summed E-state index contributed by atoms with van der Waals surface area (Å²) in [6.07, 6.45) is -13.0. The van der Waals surface area contributed by atoms with Crippen LogP contribution in [0.5, 0.6) is 0 Å². The van der Waals surface area contributed by atoms with Crippen LogP contribution in [-0.4, -0.2) is 15.0 Å². The molecule has 0 saturated carbocycles. The normalized spacial score (nSPS) is 12.4. The molecule has 0 aliphatic heterocycles. The van der Waals surface area contributed by atoms with E-state index < -0.39 is 71.7 Å². The van der Waals surface area contributed by atoms with Gasteiger partial charge >= 0.3 is 17.8 Å². The first-order chi connectivity index (χ1) is 12.1. The van der Waals surface area contributed by atoms with Gasteiger partial charge in [0.05, 0.1) is 18.2 Å². The highest BCUT2D eigenvalue weighted by atomic mass is 19.3. The van der Waals surface area contributed by atoms with Crippen molar-refractivity contribution in [3.05, 3.63) is 53.9 Å². The zero-order chi connectivity index (χ0) is 21.2. The second-order valence-electron chi connectivity index (χ2n) is 4.48. The molecule has 1 aromatic heterocycles. The van der Waals surface area contributed by atoms with Crippen LogP contribution in [-0.2, 0) is 17.8 Å². The summed E-state index contributed by atoms with van der Waals surface area (Å²) < 4.78 is 153. The van der Waals surface area contributed by atoms with Gasteiger partial charge in [-0.2, -0.15) is 52.7 Å². The van der Waals surface area contributed by atoms with Gasteiger partial charge in [0.25, 0.3) is 18.2 Å². The third kappa shape index (κ3) is 5.96. The van der Waals surface area contributed by atoms with Gasteiger partial charge in [0, 0.05) is 0 Å². The minimum absolute atomic E-state index is 1.22. The molecule has 27 heavy (non-hydrogen) atoms. The Kier molecular flexibility index (Phi) is 6.28. The number of hydrogen-bond acceptors (Lipinski definition) is 3. The lowest BCUT2D eigenvalue weighted by Gasteiger charge is -2.17. The molecule has 1 heterocycles. The van der Waals surface area contributed by atoms with Crippen molar-refractivity contribution in [2.45, 2.75) is 17.8 Å². The zero-order valence-electron chi connectivity index (χ0n) is 12.1. The van der Waals surface area contributed by atoms with Gasteiger partial charge in [-0.3, -0.25) is 0 Å². The molecule has 0 atom stereocenters. The minimum Gasteiger partial charge on any atom is -0.205 e. The third-order valence-corrected chi connectivity index (χ3v) is 2.40. The van der Waals surface area contributed by atoms with Crippen LogP contribution in [0.25, 0.3) is 0 Å². The van der Waals surface area contributed by atoms with Crippen LogP contribution in [0.1, 0.15) is 17.5 Å². The van der Waals surface area contributed by atoms with Crippen LogP contribution in [0, 0.1) is 0 Å². The molecule has 0 fully saturated rings. The lowest BCUT2D eigenvalue weighted by Crippen LogP contribution is -2.27. The smallest absolute Gasteiger partial charge is 0.205 e. The number of rotatable bonds is 6. The molecule has 0 unspecified atom stereocenters. The van der Waals surface area contributed by atoms with Gasteiger partial charge in [0.15, 0.2) is 0 Å². The first kappa shape index (κ1) is 22.4. The molecule has 0 saturated heterocycles. The Labute approximate surface area is 140 Å². The maximum atomic E-state index is 13.5. The number of allylic oxidation sites excluding steroid dienone is 3. The Bertz CT molecular complexity index is 670. The topological polar surface area (TPSA) is 38.7 Å². The van der Waals surface area contributed by atoms with E-state index in [0.29, 0.717) is 0 Å². The summed E-state index contributed by atoms with van der Waals surface area (Å²) >= 11 is 0. The molecule has 150 valence electrons. The highest BCUT2D eigenvalue weighted by Gasteiger charge is 2.44. The average molecular weight is 417 g/mol. The van der Waals surface area contributed by atoms with Gasteiger partial charge in [-0.05, 0) is 0 Å². The maximum Gasteiger partial charge on any atom is 0.330 e. The Morgan fingerprint density at radius 1 is 0.481 bits per heavy atom. The van der Waals surface area contributed by atoms with E-state index in [-0.39, 0.29) is 0 Å². The molecule has 0 bridgehead atoms. The summed E-state index contributed by atoms with van der Waals surface area (Å²) in [6.45, 7) is 0. The predicted molar refractivity (Wildman–Crippen MR) is 62.4 cm³/mol. The fourth-order valence-electron chi connectivity index (χ4n) is 1.43. The van der Waals surface area contributed by atoms with Gasteiger partial charge in [-0.15, -0.1) is 0 Å². The molecule has 15 heteroatoms. The van der Waals surface area contributed by atoms with Crippen molar-refractivity contribution < 1.29 is 52.7 Å². The van der Waals surface area contributed by atoms with E-state index >= 15 is 0 Å². The highest BCUT2D eigenvalue weighted by Crippen LogP contribution is 2.36. The minimum atomic E-state index is -5.05. The second-order valence-corrected chi connectivity index (χ2v) is 4.48. The molecular formula is C12H3F12N3. The van der Waals surface area contributed by atoms with Crippen molar-refractivity contribution in [2.24, 2.45) is 0 Å². The quantitative estimate of drug-likeness (QED) is 0.575. The summed E-state index contributed by atoms with van der Waals surface area (Å²) in [7, 11) is 0. The van der Waals surface area contributed by atoms with Crippen molar-refractivity contribution >= 4 is 0 Å². The molecule has 0 amide bonds. The summed E-state index contributed by atoms with van der Waals surface area (Å²) in [4.78, 5) is 6.77. The van der Waals surface area contributed by atoms with Gasteiger partial charge in [-0.25, -0.2) is 15.0 Å². The molecule has 1 rings (SSSR count). The van der Waals surface area contributed by atoms with Crippen molar-refractivity contribution in [3.63, 3.8) is 0 Å². The molecule has 0 radical (unpaired) electrons. The average Bonchev–Trinajstić information content (AvgIpc) is 2.42. The lowest BCUT2D eigenvalue weighted by atomic mass is 10.2. The van der Waals surface area contributed by atoms with E-state index in [9.17, 15) is 52.7 Å². The first-order valence-corrected chi connectivity index (χ1v) is 6.09. The number of nitrogens with zero attached hydrogens (tertiary/aromatic N) is 3.